The summed E-state index contributed by atoms with van der Waals surface area (Å²) in [5, 5.41) is 0. The summed E-state index contributed by atoms with van der Waals surface area (Å²) >= 11 is 0. The van der Waals surface area contributed by atoms with Crippen LogP contribution in [0.1, 0.15) is 5.56 Å². The average Bonchev–Trinajstić information content (AvgIpc) is 2.72. The Morgan fingerprint density at radius 2 is 2.06 bits per heavy atom. The van der Waals surface area contributed by atoms with Crippen molar-refractivity contribution in [3.63, 3.8) is 0 Å². The van der Waals surface area contributed by atoms with E-state index in [-0.39, 0.29) is 12.7 Å². The smallest absolute Gasteiger partial charge is 0.246 e. The zero-order valence-corrected chi connectivity index (χ0v) is 9.27. The summed E-state index contributed by atoms with van der Waals surface area (Å²) in [5.41, 5.74) is 0.916. The Hall–Kier alpha value is -1.97. The Morgan fingerprint density at radius 3 is 2.81 bits per heavy atom. The van der Waals surface area contributed by atoms with Gasteiger partial charge in [0.05, 0.1) is 0 Å². The molecule has 2 rings (SSSR count). The van der Waals surface area contributed by atoms with E-state index in [9.17, 15) is 4.79 Å². The highest BCUT2D eigenvalue weighted by atomic mass is 16.7. The quantitative estimate of drug-likeness (QED) is 0.708. The fraction of sp³-hybridized carbons (Fsp3) is 0.250. The molecule has 0 radical (unpaired) electrons. The lowest BCUT2D eigenvalue weighted by Gasteiger charge is -2.05. The van der Waals surface area contributed by atoms with Crippen molar-refractivity contribution < 1.29 is 14.3 Å². The fourth-order valence-corrected chi connectivity index (χ4v) is 1.33. The van der Waals surface area contributed by atoms with E-state index >= 15 is 0 Å². The number of likely N-dealkylation sites (N-methyl/N-ethyl adjacent to an activating group) is 1. The number of carbonyl (C=O) groups is 1. The number of fused-ring (bicyclic) bond motifs is 1. The number of benzene rings is 1. The number of carbonyl (C=O) groups excluding carboxylic acids is 1. The first-order valence-electron chi connectivity index (χ1n) is 4.96. The molecule has 0 unspecified atom stereocenters. The van der Waals surface area contributed by atoms with Crippen LogP contribution in [0.3, 0.4) is 0 Å². The van der Waals surface area contributed by atoms with Crippen molar-refractivity contribution >= 4 is 12.0 Å². The van der Waals surface area contributed by atoms with Crippen molar-refractivity contribution in [2.75, 3.05) is 20.9 Å². The van der Waals surface area contributed by atoms with Gasteiger partial charge in [-0.2, -0.15) is 0 Å². The van der Waals surface area contributed by atoms with Gasteiger partial charge in [0.15, 0.2) is 11.5 Å². The third-order valence-electron chi connectivity index (χ3n) is 2.26. The third kappa shape index (κ3) is 2.16. The third-order valence-corrected chi connectivity index (χ3v) is 2.26. The molecule has 1 heterocycles. The predicted molar refractivity (Wildman–Crippen MR) is 60.3 cm³/mol. The molecule has 0 aromatic heterocycles. The second-order valence-corrected chi connectivity index (χ2v) is 3.68. The summed E-state index contributed by atoms with van der Waals surface area (Å²) in [4.78, 5) is 12.9. The van der Waals surface area contributed by atoms with E-state index in [0.29, 0.717) is 0 Å². The van der Waals surface area contributed by atoms with Crippen LogP contribution in [-0.4, -0.2) is 31.7 Å². The number of hydrogen-bond acceptors (Lipinski definition) is 3. The highest BCUT2D eigenvalue weighted by molar-refractivity contribution is 5.91. The van der Waals surface area contributed by atoms with Crippen LogP contribution in [0.2, 0.25) is 0 Å². The number of amides is 1. The molecule has 0 saturated carbocycles. The van der Waals surface area contributed by atoms with Crippen molar-refractivity contribution in [1.29, 1.82) is 0 Å². The number of hydrogen-bond donors (Lipinski definition) is 0. The van der Waals surface area contributed by atoms with Crippen LogP contribution in [0.25, 0.3) is 6.08 Å². The normalized spacial score (nSPS) is 13.1. The summed E-state index contributed by atoms with van der Waals surface area (Å²) < 4.78 is 10.4. The zero-order chi connectivity index (χ0) is 11.5. The van der Waals surface area contributed by atoms with Gasteiger partial charge in [-0.3, -0.25) is 4.79 Å². The molecule has 1 amide bonds. The summed E-state index contributed by atoms with van der Waals surface area (Å²) in [6.07, 6.45) is 3.28. The van der Waals surface area contributed by atoms with Crippen LogP contribution in [0.15, 0.2) is 24.3 Å². The molecule has 0 bridgehead atoms. The van der Waals surface area contributed by atoms with Crippen molar-refractivity contribution in [1.82, 2.24) is 4.90 Å². The highest BCUT2D eigenvalue weighted by Gasteiger charge is 2.12. The second-order valence-electron chi connectivity index (χ2n) is 3.68. The molecule has 1 aliphatic heterocycles. The largest absolute Gasteiger partial charge is 0.454 e. The van der Waals surface area contributed by atoms with Gasteiger partial charge in [0.1, 0.15) is 0 Å². The molecule has 84 valence electrons. The SMILES string of the molecule is CN(C)C(=O)/C=C\c1ccc2c(c1)OCO2. The lowest BCUT2D eigenvalue weighted by atomic mass is 10.2. The number of nitrogens with zero attached hydrogens (tertiary/aromatic N) is 1. The van der Waals surface area contributed by atoms with Gasteiger partial charge in [0.2, 0.25) is 12.7 Å². The Kier molecular flexibility index (Phi) is 2.81. The van der Waals surface area contributed by atoms with Gasteiger partial charge in [-0.1, -0.05) is 6.07 Å². The van der Waals surface area contributed by atoms with E-state index in [0.717, 1.165) is 17.1 Å². The molecular formula is C12H13NO3. The van der Waals surface area contributed by atoms with Crippen LogP contribution in [0.4, 0.5) is 0 Å². The Morgan fingerprint density at radius 1 is 1.31 bits per heavy atom. The van der Waals surface area contributed by atoms with Gasteiger partial charge in [-0.05, 0) is 23.8 Å². The lowest BCUT2D eigenvalue weighted by Crippen LogP contribution is -2.18. The summed E-state index contributed by atoms with van der Waals surface area (Å²) in [6.45, 7) is 0.263. The molecule has 0 atom stereocenters. The molecule has 1 aromatic carbocycles. The van der Waals surface area contributed by atoms with E-state index in [1.807, 2.05) is 18.2 Å². The number of ether oxygens (including phenoxy) is 2. The van der Waals surface area contributed by atoms with Gasteiger partial charge in [-0.25, -0.2) is 0 Å². The lowest BCUT2D eigenvalue weighted by molar-refractivity contribution is -0.123. The fourth-order valence-electron chi connectivity index (χ4n) is 1.33. The van der Waals surface area contributed by atoms with Crippen molar-refractivity contribution in [3.05, 3.63) is 29.8 Å². The first kappa shape index (κ1) is 10.5. The molecule has 1 aromatic rings. The van der Waals surface area contributed by atoms with Crippen LogP contribution < -0.4 is 9.47 Å². The molecule has 0 N–H and O–H groups in total. The van der Waals surface area contributed by atoms with Crippen LogP contribution in [0.5, 0.6) is 11.5 Å². The maximum atomic E-state index is 11.3. The minimum atomic E-state index is -0.0438. The summed E-state index contributed by atoms with van der Waals surface area (Å²) in [5.74, 6) is 1.42. The molecule has 1 aliphatic rings. The van der Waals surface area contributed by atoms with Gasteiger partial charge in [-0.15, -0.1) is 0 Å². The molecule has 16 heavy (non-hydrogen) atoms. The van der Waals surface area contributed by atoms with Gasteiger partial charge < -0.3 is 14.4 Å². The molecular weight excluding hydrogens is 206 g/mol. The summed E-state index contributed by atoms with van der Waals surface area (Å²) in [6, 6.07) is 5.57. The molecule has 0 spiro atoms. The van der Waals surface area contributed by atoms with Gasteiger partial charge in [0, 0.05) is 20.2 Å². The van der Waals surface area contributed by atoms with Crippen molar-refractivity contribution in [3.8, 4) is 11.5 Å². The Balaban J connectivity index is 2.14. The zero-order valence-electron chi connectivity index (χ0n) is 9.27. The van der Waals surface area contributed by atoms with Gasteiger partial charge in [0.25, 0.3) is 0 Å². The van der Waals surface area contributed by atoms with Crippen molar-refractivity contribution in [2.45, 2.75) is 0 Å². The minimum Gasteiger partial charge on any atom is -0.454 e. The molecule has 0 fully saturated rings. The Bertz CT molecular complexity index is 438. The topological polar surface area (TPSA) is 38.8 Å². The van der Waals surface area contributed by atoms with Crippen LogP contribution in [0, 0.1) is 0 Å². The average molecular weight is 219 g/mol. The highest BCUT2D eigenvalue weighted by Crippen LogP contribution is 2.32. The summed E-state index contributed by atoms with van der Waals surface area (Å²) in [7, 11) is 3.43. The molecule has 0 saturated heterocycles. The first-order valence-corrected chi connectivity index (χ1v) is 4.96. The standard InChI is InChI=1S/C12H13NO3/c1-13(2)12(14)6-4-9-3-5-10-11(7-9)16-8-15-10/h3-7H,8H2,1-2H3/b6-4-. The molecule has 4 heteroatoms. The van der Waals surface area contributed by atoms with Crippen molar-refractivity contribution in [2.24, 2.45) is 0 Å². The van der Waals surface area contributed by atoms with Crippen LogP contribution >= 0.6 is 0 Å². The minimum absolute atomic E-state index is 0.0438. The van der Waals surface area contributed by atoms with E-state index in [1.54, 1.807) is 20.2 Å². The number of rotatable bonds is 2. The predicted octanol–water partition coefficient (Wildman–Crippen LogP) is 1.52. The Labute approximate surface area is 94.1 Å². The maximum absolute atomic E-state index is 11.3. The van der Waals surface area contributed by atoms with E-state index < -0.39 is 0 Å². The first-order chi connectivity index (χ1) is 7.66. The van der Waals surface area contributed by atoms with Gasteiger partial charge >= 0.3 is 0 Å². The maximum Gasteiger partial charge on any atom is 0.246 e. The second kappa shape index (κ2) is 4.26. The van der Waals surface area contributed by atoms with E-state index in [4.69, 9.17) is 9.47 Å². The molecule has 4 nitrogen and oxygen atoms in total. The molecule has 0 aliphatic carbocycles. The van der Waals surface area contributed by atoms with E-state index in [2.05, 4.69) is 0 Å². The van der Waals surface area contributed by atoms with Crippen LogP contribution in [-0.2, 0) is 4.79 Å². The monoisotopic (exact) mass is 219 g/mol. The van der Waals surface area contributed by atoms with E-state index in [1.165, 1.54) is 11.0 Å².